The average Bonchev–Trinajstić information content (AvgIpc) is 2.63. The molecule has 0 spiro atoms. The average molecular weight is 362 g/mol. The summed E-state index contributed by atoms with van der Waals surface area (Å²) in [6, 6.07) is 15.3. The van der Waals surface area contributed by atoms with Crippen molar-refractivity contribution < 1.29 is 14.3 Å². The maximum absolute atomic E-state index is 12.8. The number of halogens is 1. The second kappa shape index (κ2) is 8.88. The summed E-state index contributed by atoms with van der Waals surface area (Å²) < 4.78 is 11.5. The van der Waals surface area contributed by atoms with Crippen molar-refractivity contribution in [2.45, 2.75) is 19.8 Å². The third-order valence-corrected chi connectivity index (χ3v) is 4.46. The van der Waals surface area contributed by atoms with Crippen LogP contribution in [0.1, 0.15) is 30.9 Å². The first-order chi connectivity index (χ1) is 11.7. The number of ether oxygens (including phenoxy) is 2. The van der Waals surface area contributed by atoms with Crippen molar-refractivity contribution in [3.8, 4) is 11.5 Å². The molecule has 0 aliphatic carbocycles. The molecule has 0 amide bonds. The van der Waals surface area contributed by atoms with Crippen LogP contribution in [0.4, 0.5) is 0 Å². The van der Waals surface area contributed by atoms with Crippen molar-refractivity contribution in [2.75, 3.05) is 26.2 Å². The van der Waals surface area contributed by atoms with Gasteiger partial charge in [0.15, 0.2) is 0 Å². The maximum atomic E-state index is 12.8. The molecule has 1 aliphatic rings. The standard InChI is InChI=1S/C20H23NO3.ClH/c1-3-21(4-2)13-14-23-20(22)19-15-9-5-7-11-17(15)24-18-12-8-6-10-16(18)19;/h5-12,19H,3-4,13-14H2,1-2H3;1H. The minimum Gasteiger partial charge on any atom is -0.464 e. The molecule has 134 valence electrons. The number of hydrogen-bond donors (Lipinski definition) is 0. The molecule has 4 nitrogen and oxygen atoms in total. The molecule has 0 atom stereocenters. The van der Waals surface area contributed by atoms with E-state index in [4.69, 9.17) is 9.47 Å². The first kappa shape index (κ1) is 19.3. The fourth-order valence-electron chi connectivity index (χ4n) is 3.06. The summed E-state index contributed by atoms with van der Waals surface area (Å²) in [5.74, 6) is 0.803. The predicted octanol–water partition coefficient (Wildman–Crippen LogP) is 4.23. The van der Waals surface area contributed by atoms with Gasteiger partial charge in [-0.05, 0) is 25.2 Å². The highest BCUT2D eigenvalue weighted by Crippen LogP contribution is 2.44. The molecular formula is C20H24ClNO3. The zero-order valence-corrected chi connectivity index (χ0v) is 15.4. The lowest BCUT2D eigenvalue weighted by atomic mass is 9.88. The van der Waals surface area contributed by atoms with Gasteiger partial charge < -0.3 is 14.4 Å². The van der Waals surface area contributed by atoms with E-state index in [1.165, 1.54) is 0 Å². The zero-order chi connectivity index (χ0) is 16.9. The van der Waals surface area contributed by atoms with E-state index in [0.29, 0.717) is 6.61 Å². The zero-order valence-electron chi connectivity index (χ0n) is 14.6. The summed E-state index contributed by atoms with van der Waals surface area (Å²) in [5.41, 5.74) is 1.73. The van der Waals surface area contributed by atoms with Crippen LogP contribution in [0.2, 0.25) is 0 Å². The molecule has 0 aromatic heterocycles. The maximum Gasteiger partial charge on any atom is 0.318 e. The number of carbonyl (C=O) groups is 1. The van der Waals surface area contributed by atoms with E-state index in [-0.39, 0.29) is 18.4 Å². The second-order valence-corrected chi connectivity index (χ2v) is 5.81. The van der Waals surface area contributed by atoms with E-state index in [1.54, 1.807) is 0 Å². The van der Waals surface area contributed by atoms with Crippen LogP contribution in [0, 0.1) is 0 Å². The summed E-state index contributed by atoms with van der Waals surface area (Å²) in [6.07, 6.45) is 0. The third kappa shape index (κ3) is 4.14. The quantitative estimate of drug-likeness (QED) is 0.722. The second-order valence-electron chi connectivity index (χ2n) is 5.81. The van der Waals surface area contributed by atoms with Gasteiger partial charge in [-0.15, -0.1) is 12.4 Å². The molecule has 1 aliphatic heterocycles. The van der Waals surface area contributed by atoms with Crippen LogP contribution in [-0.4, -0.2) is 37.1 Å². The Hall–Kier alpha value is -2.04. The highest BCUT2D eigenvalue weighted by Gasteiger charge is 2.33. The van der Waals surface area contributed by atoms with Crippen molar-refractivity contribution >= 4 is 18.4 Å². The Morgan fingerprint density at radius 1 is 1.00 bits per heavy atom. The van der Waals surface area contributed by atoms with Crippen molar-refractivity contribution in [1.82, 2.24) is 4.90 Å². The first-order valence-corrected chi connectivity index (χ1v) is 8.49. The molecule has 0 bridgehead atoms. The summed E-state index contributed by atoms with van der Waals surface area (Å²) in [4.78, 5) is 15.0. The summed E-state index contributed by atoms with van der Waals surface area (Å²) in [7, 11) is 0. The van der Waals surface area contributed by atoms with Crippen LogP contribution in [0.25, 0.3) is 0 Å². The topological polar surface area (TPSA) is 38.8 Å². The molecule has 5 heteroatoms. The van der Waals surface area contributed by atoms with Crippen LogP contribution < -0.4 is 4.74 Å². The van der Waals surface area contributed by atoms with E-state index in [0.717, 1.165) is 42.3 Å². The monoisotopic (exact) mass is 361 g/mol. The summed E-state index contributed by atoms with van der Waals surface area (Å²) in [6.45, 7) is 7.29. The Kier molecular flexibility index (Phi) is 6.85. The SMILES string of the molecule is CCN(CC)CCOC(=O)C1c2ccccc2Oc2ccccc21.Cl. The fraction of sp³-hybridized carbons (Fsp3) is 0.350. The molecule has 0 saturated heterocycles. The lowest BCUT2D eigenvalue weighted by Gasteiger charge is -2.27. The van der Waals surface area contributed by atoms with Gasteiger partial charge >= 0.3 is 5.97 Å². The van der Waals surface area contributed by atoms with Gasteiger partial charge in [-0.3, -0.25) is 4.79 Å². The minimum absolute atomic E-state index is 0. The largest absolute Gasteiger partial charge is 0.464 e. The number of hydrogen-bond acceptors (Lipinski definition) is 4. The van der Waals surface area contributed by atoms with Gasteiger partial charge in [0.05, 0.1) is 0 Å². The van der Waals surface area contributed by atoms with Crippen LogP contribution in [0.5, 0.6) is 11.5 Å². The van der Waals surface area contributed by atoms with Crippen LogP contribution in [0.3, 0.4) is 0 Å². The minimum atomic E-state index is -0.428. The molecule has 25 heavy (non-hydrogen) atoms. The molecule has 0 fully saturated rings. The van der Waals surface area contributed by atoms with Crippen molar-refractivity contribution in [2.24, 2.45) is 0 Å². The van der Waals surface area contributed by atoms with Crippen LogP contribution in [0.15, 0.2) is 48.5 Å². The lowest BCUT2D eigenvalue weighted by molar-refractivity contribution is -0.145. The Morgan fingerprint density at radius 2 is 1.52 bits per heavy atom. The smallest absolute Gasteiger partial charge is 0.318 e. The Balaban J connectivity index is 0.00000225. The number of benzene rings is 2. The van der Waals surface area contributed by atoms with E-state index in [1.807, 2.05) is 48.5 Å². The summed E-state index contributed by atoms with van der Waals surface area (Å²) in [5, 5.41) is 0. The van der Waals surface area contributed by atoms with Gasteiger partial charge in [0.1, 0.15) is 24.0 Å². The fourth-order valence-corrected chi connectivity index (χ4v) is 3.06. The number of para-hydroxylation sites is 2. The van der Waals surface area contributed by atoms with Crippen molar-refractivity contribution in [1.29, 1.82) is 0 Å². The Labute approximate surface area is 155 Å². The number of nitrogens with zero attached hydrogens (tertiary/aromatic N) is 1. The number of likely N-dealkylation sites (N-methyl/N-ethyl adjacent to an activating group) is 1. The number of fused-ring (bicyclic) bond motifs is 2. The van der Waals surface area contributed by atoms with E-state index >= 15 is 0 Å². The van der Waals surface area contributed by atoms with Gasteiger partial charge in [0.2, 0.25) is 0 Å². The van der Waals surface area contributed by atoms with E-state index in [9.17, 15) is 4.79 Å². The molecule has 0 unspecified atom stereocenters. The predicted molar refractivity (Wildman–Crippen MR) is 101 cm³/mol. The van der Waals surface area contributed by atoms with Gasteiger partial charge in [-0.25, -0.2) is 0 Å². The number of esters is 1. The Bertz CT molecular complexity index is 670. The molecule has 2 aromatic carbocycles. The van der Waals surface area contributed by atoms with Crippen molar-refractivity contribution in [3.63, 3.8) is 0 Å². The normalized spacial score (nSPS) is 12.6. The van der Waals surface area contributed by atoms with Crippen molar-refractivity contribution in [3.05, 3.63) is 59.7 Å². The molecule has 2 aromatic rings. The molecule has 3 rings (SSSR count). The number of carbonyl (C=O) groups excluding carboxylic acids is 1. The first-order valence-electron chi connectivity index (χ1n) is 8.49. The molecular weight excluding hydrogens is 338 g/mol. The van der Waals surface area contributed by atoms with Gasteiger partial charge in [-0.1, -0.05) is 50.2 Å². The third-order valence-electron chi connectivity index (χ3n) is 4.46. The molecule has 0 N–H and O–H groups in total. The van der Waals surface area contributed by atoms with Gasteiger partial charge in [0, 0.05) is 17.7 Å². The van der Waals surface area contributed by atoms with Crippen LogP contribution in [-0.2, 0) is 9.53 Å². The van der Waals surface area contributed by atoms with E-state index in [2.05, 4.69) is 18.7 Å². The van der Waals surface area contributed by atoms with E-state index < -0.39 is 5.92 Å². The van der Waals surface area contributed by atoms with Crippen LogP contribution >= 0.6 is 12.4 Å². The highest BCUT2D eigenvalue weighted by atomic mass is 35.5. The number of rotatable bonds is 6. The highest BCUT2D eigenvalue weighted by molar-refractivity contribution is 5.85. The molecule has 0 saturated carbocycles. The molecule has 1 heterocycles. The van der Waals surface area contributed by atoms with Gasteiger partial charge in [0.25, 0.3) is 0 Å². The Morgan fingerprint density at radius 3 is 2.04 bits per heavy atom. The molecule has 0 radical (unpaired) electrons. The summed E-state index contributed by atoms with van der Waals surface area (Å²) >= 11 is 0. The van der Waals surface area contributed by atoms with Gasteiger partial charge in [-0.2, -0.15) is 0 Å². The lowest BCUT2D eigenvalue weighted by Crippen LogP contribution is -2.29.